The van der Waals surface area contributed by atoms with Gasteiger partial charge in [0.25, 0.3) is 0 Å². The van der Waals surface area contributed by atoms with Crippen LogP contribution >= 0.6 is 0 Å². The third-order valence-corrected chi connectivity index (χ3v) is 4.48. The first-order chi connectivity index (χ1) is 9.26. The van der Waals surface area contributed by atoms with Gasteiger partial charge in [0.1, 0.15) is 6.04 Å². The minimum Gasteiger partial charge on any atom is -0.480 e. The van der Waals surface area contributed by atoms with E-state index in [1.54, 1.807) is 19.1 Å². The van der Waals surface area contributed by atoms with Crippen LogP contribution in [-0.2, 0) is 25.8 Å². The predicted octanol–water partition coefficient (Wildman–Crippen LogP) is 0.612. The van der Waals surface area contributed by atoms with E-state index in [4.69, 9.17) is 5.11 Å². The Hall–Kier alpha value is -1.89. The van der Waals surface area contributed by atoms with Crippen molar-refractivity contribution in [1.29, 1.82) is 0 Å². The van der Waals surface area contributed by atoms with Crippen molar-refractivity contribution in [1.82, 2.24) is 5.32 Å². The molecule has 0 radical (unpaired) electrons. The SMILES string of the molecule is CCS(=O)(=O)c1cccc(CC(=O)NC(C)C(=O)O)c1. The van der Waals surface area contributed by atoms with Gasteiger partial charge in [0.05, 0.1) is 17.1 Å². The standard InChI is InChI=1S/C13H17NO5S/c1-3-20(18,19)11-6-4-5-10(7-11)8-12(15)14-9(2)13(16)17/h4-7,9H,3,8H2,1-2H3,(H,14,15)(H,16,17). The van der Waals surface area contributed by atoms with Crippen molar-refractivity contribution in [3.05, 3.63) is 29.8 Å². The van der Waals surface area contributed by atoms with Crippen LogP contribution in [0, 0.1) is 0 Å². The van der Waals surface area contributed by atoms with Crippen LogP contribution < -0.4 is 5.32 Å². The Morgan fingerprint density at radius 3 is 2.55 bits per heavy atom. The van der Waals surface area contributed by atoms with Gasteiger partial charge < -0.3 is 10.4 Å². The highest BCUT2D eigenvalue weighted by Crippen LogP contribution is 2.13. The average Bonchev–Trinajstić information content (AvgIpc) is 2.38. The van der Waals surface area contributed by atoms with Crippen LogP contribution in [0.2, 0.25) is 0 Å². The molecule has 1 aromatic carbocycles. The van der Waals surface area contributed by atoms with E-state index >= 15 is 0 Å². The number of nitrogens with one attached hydrogen (secondary N) is 1. The molecule has 2 N–H and O–H groups in total. The largest absolute Gasteiger partial charge is 0.480 e. The molecule has 0 aromatic heterocycles. The molecular weight excluding hydrogens is 282 g/mol. The van der Waals surface area contributed by atoms with Crippen LogP contribution in [0.25, 0.3) is 0 Å². The second-order valence-electron chi connectivity index (χ2n) is 4.36. The lowest BCUT2D eigenvalue weighted by Crippen LogP contribution is -2.39. The monoisotopic (exact) mass is 299 g/mol. The molecular formula is C13H17NO5S. The number of amides is 1. The Balaban J connectivity index is 2.82. The van der Waals surface area contributed by atoms with Gasteiger partial charge in [0, 0.05) is 0 Å². The Morgan fingerprint density at radius 2 is 2.00 bits per heavy atom. The molecule has 0 saturated heterocycles. The maximum absolute atomic E-state index is 11.7. The Bertz CT molecular complexity index is 609. The number of carbonyl (C=O) groups excluding carboxylic acids is 1. The third-order valence-electron chi connectivity index (χ3n) is 2.75. The summed E-state index contributed by atoms with van der Waals surface area (Å²) in [6.45, 7) is 2.90. The lowest BCUT2D eigenvalue weighted by atomic mass is 10.1. The molecule has 1 aromatic rings. The van der Waals surface area contributed by atoms with Crippen LogP contribution in [0.15, 0.2) is 29.2 Å². The molecule has 0 spiro atoms. The quantitative estimate of drug-likeness (QED) is 0.801. The number of rotatable bonds is 6. The zero-order valence-electron chi connectivity index (χ0n) is 11.3. The number of benzene rings is 1. The molecule has 0 aliphatic carbocycles. The summed E-state index contributed by atoms with van der Waals surface area (Å²) in [6, 6.07) is 5.11. The topological polar surface area (TPSA) is 101 Å². The molecule has 6 nitrogen and oxygen atoms in total. The molecule has 1 amide bonds. The maximum atomic E-state index is 11.7. The number of hydrogen-bond acceptors (Lipinski definition) is 4. The molecule has 20 heavy (non-hydrogen) atoms. The van der Waals surface area contributed by atoms with Gasteiger partial charge in [-0.3, -0.25) is 9.59 Å². The molecule has 0 saturated carbocycles. The van der Waals surface area contributed by atoms with Crippen LogP contribution in [0.4, 0.5) is 0 Å². The van der Waals surface area contributed by atoms with Crippen LogP contribution in [0.3, 0.4) is 0 Å². The van der Waals surface area contributed by atoms with Crippen molar-refractivity contribution in [3.8, 4) is 0 Å². The molecule has 0 heterocycles. The minimum atomic E-state index is -3.32. The van der Waals surface area contributed by atoms with Gasteiger partial charge in [0.2, 0.25) is 5.91 Å². The van der Waals surface area contributed by atoms with Crippen molar-refractivity contribution in [2.45, 2.75) is 31.2 Å². The van der Waals surface area contributed by atoms with Crippen LogP contribution in [-0.4, -0.2) is 37.2 Å². The van der Waals surface area contributed by atoms with Crippen molar-refractivity contribution in [2.24, 2.45) is 0 Å². The van der Waals surface area contributed by atoms with Gasteiger partial charge in [-0.05, 0) is 24.6 Å². The van der Waals surface area contributed by atoms with E-state index in [0.717, 1.165) is 0 Å². The highest BCUT2D eigenvalue weighted by molar-refractivity contribution is 7.91. The molecule has 7 heteroatoms. The Kier molecular flexibility index (Phi) is 5.26. The summed E-state index contributed by atoms with van der Waals surface area (Å²) in [7, 11) is -3.32. The molecule has 1 atom stereocenters. The Labute approximate surface area is 117 Å². The maximum Gasteiger partial charge on any atom is 0.325 e. The lowest BCUT2D eigenvalue weighted by Gasteiger charge is -2.10. The lowest BCUT2D eigenvalue weighted by molar-refractivity contribution is -0.141. The van der Waals surface area contributed by atoms with E-state index in [0.29, 0.717) is 5.56 Å². The first-order valence-corrected chi connectivity index (χ1v) is 7.75. The summed E-state index contributed by atoms with van der Waals surface area (Å²) in [5, 5.41) is 11.0. The van der Waals surface area contributed by atoms with Crippen molar-refractivity contribution >= 4 is 21.7 Å². The number of carboxylic acids is 1. The second-order valence-corrected chi connectivity index (χ2v) is 6.63. The van der Waals surface area contributed by atoms with Gasteiger partial charge in [-0.2, -0.15) is 0 Å². The first kappa shape index (κ1) is 16.2. The molecule has 110 valence electrons. The fourth-order valence-corrected chi connectivity index (χ4v) is 2.51. The van der Waals surface area contributed by atoms with Crippen molar-refractivity contribution < 1.29 is 23.1 Å². The van der Waals surface area contributed by atoms with E-state index in [1.807, 2.05) is 0 Å². The van der Waals surface area contributed by atoms with Crippen LogP contribution in [0.1, 0.15) is 19.4 Å². The first-order valence-electron chi connectivity index (χ1n) is 6.10. The molecule has 0 aliphatic heterocycles. The highest BCUT2D eigenvalue weighted by atomic mass is 32.2. The van der Waals surface area contributed by atoms with E-state index in [-0.39, 0.29) is 17.1 Å². The van der Waals surface area contributed by atoms with E-state index in [2.05, 4.69) is 5.32 Å². The summed E-state index contributed by atoms with van der Waals surface area (Å²) in [5.41, 5.74) is 0.523. The molecule has 0 bridgehead atoms. The number of carbonyl (C=O) groups is 2. The molecule has 1 rings (SSSR count). The second kappa shape index (κ2) is 6.51. The minimum absolute atomic E-state index is 0.0152. The predicted molar refractivity (Wildman–Crippen MR) is 73.1 cm³/mol. The number of hydrogen-bond donors (Lipinski definition) is 2. The summed E-state index contributed by atoms with van der Waals surface area (Å²) in [6.07, 6.45) is -0.0648. The summed E-state index contributed by atoms with van der Waals surface area (Å²) < 4.78 is 23.5. The average molecular weight is 299 g/mol. The zero-order valence-corrected chi connectivity index (χ0v) is 12.1. The van der Waals surface area contributed by atoms with Crippen molar-refractivity contribution in [3.63, 3.8) is 0 Å². The number of aliphatic carboxylic acids is 1. The van der Waals surface area contributed by atoms with Gasteiger partial charge in [0.15, 0.2) is 9.84 Å². The third kappa shape index (κ3) is 4.34. The van der Waals surface area contributed by atoms with Gasteiger partial charge in [-0.1, -0.05) is 19.1 Å². The van der Waals surface area contributed by atoms with E-state index < -0.39 is 27.8 Å². The summed E-state index contributed by atoms with van der Waals surface area (Å²) >= 11 is 0. The zero-order chi connectivity index (χ0) is 15.3. The molecule has 0 aliphatic rings. The fraction of sp³-hybridized carbons (Fsp3) is 0.385. The number of sulfone groups is 1. The van der Waals surface area contributed by atoms with Gasteiger partial charge >= 0.3 is 5.97 Å². The van der Waals surface area contributed by atoms with Crippen LogP contribution in [0.5, 0.6) is 0 Å². The molecule has 0 fully saturated rings. The number of carboxylic acid groups (broad SMARTS) is 1. The smallest absolute Gasteiger partial charge is 0.325 e. The molecule has 1 unspecified atom stereocenters. The fourth-order valence-electron chi connectivity index (χ4n) is 1.56. The van der Waals surface area contributed by atoms with Gasteiger partial charge in [-0.25, -0.2) is 8.42 Å². The highest BCUT2D eigenvalue weighted by Gasteiger charge is 2.16. The normalized spacial score (nSPS) is 12.7. The van der Waals surface area contributed by atoms with E-state index in [9.17, 15) is 18.0 Å². The van der Waals surface area contributed by atoms with Gasteiger partial charge in [-0.15, -0.1) is 0 Å². The van der Waals surface area contributed by atoms with Crippen molar-refractivity contribution in [2.75, 3.05) is 5.75 Å². The summed E-state index contributed by atoms with van der Waals surface area (Å²) in [5.74, 6) is -1.61. The van der Waals surface area contributed by atoms with E-state index in [1.165, 1.54) is 19.1 Å². The Morgan fingerprint density at radius 1 is 1.35 bits per heavy atom. The summed E-state index contributed by atoms with van der Waals surface area (Å²) in [4.78, 5) is 22.4.